The van der Waals surface area contributed by atoms with Crippen LogP contribution in [0.4, 0.5) is 0 Å². The quantitative estimate of drug-likeness (QED) is 0.162. The van der Waals surface area contributed by atoms with Crippen molar-refractivity contribution in [1.29, 1.82) is 0 Å². The summed E-state index contributed by atoms with van der Waals surface area (Å²) in [5.74, 6) is -0.0739. The van der Waals surface area contributed by atoms with E-state index in [2.05, 4.69) is 135 Å². The Morgan fingerprint density at radius 2 is 0.820 bits per heavy atom. The Balaban J connectivity index is 1.30. The summed E-state index contributed by atoms with van der Waals surface area (Å²) < 4.78 is 0. The number of aryl methyl sites for hydroxylation is 2. The molecule has 5 aliphatic rings. The van der Waals surface area contributed by atoms with E-state index in [1.165, 1.54) is 121 Å². The molecule has 232 valence electrons. The molecule has 5 aliphatic carbocycles. The van der Waals surface area contributed by atoms with Gasteiger partial charge >= 0.3 is 0 Å². The van der Waals surface area contributed by atoms with Crippen molar-refractivity contribution < 1.29 is 4.79 Å². The van der Waals surface area contributed by atoms with Gasteiger partial charge in [-0.3, -0.25) is 4.79 Å². The predicted octanol–water partition coefficient (Wildman–Crippen LogP) is 11.6. The molecule has 0 saturated carbocycles. The summed E-state index contributed by atoms with van der Waals surface area (Å²) in [6, 6.07) is 44.9. The van der Waals surface area contributed by atoms with E-state index in [1.807, 2.05) is 0 Å². The van der Waals surface area contributed by atoms with Crippen molar-refractivity contribution in [3.8, 4) is 22.3 Å². The summed E-state index contributed by atoms with van der Waals surface area (Å²) in [6.45, 7) is 4.75. The van der Waals surface area contributed by atoms with E-state index in [0.29, 0.717) is 5.78 Å². The molecule has 8 aromatic carbocycles. The number of ketones is 1. The van der Waals surface area contributed by atoms with E-state index < -0.39 is 0 Å². The fourth-order valence-electron chi connectivity index (χ4n) is 11.9. The van der Waals surface area contributed by atoms with Gasteiger partial charge in [0, 0.05) is 11.8 Å². The van der Waals surface area contributed by atoms with Crippen LogP contribution in [0.5, 0.6) is 0 Å². The Labute approximate surface area is 289 Å². The number of carbonyl (C=O) groups is 1. The van der Waals surface area contributed by atoms with Gasteiger partial charge in [0.2, 0.25) is 0 Å². The van der Waals surface area contributed by atoms with Crippen LogP contribution < -0.4 is 0 Å². The second-order valence-corrected chi connectivity index (χ2v) is 15.3. The molecular formula is C49H30O. The van der Waals surface area contributed by atoms with Crippen LogP contribution in [-0.2, 0) is 4.79 Å². The van der Waals surface area contributed by atoms with Crippen LogP contribution in [0.2, 0.25) is 0 Å². The third-order valence-electron chi connectivity index (χ3n) is 13.4. The lowest BCUT2D eigenvalue weighted by Crippen LogP contribution is -2.35. The summed E-state index contributed by atoms with van der Waals surface area (Å²) in [7, 11) is 0. The Bertz CT molecular complexity index is 2800. The largest absolute Gasteiger partial charge is 0.298 e. The smallest absolute Gasteiger partial charge is 0.156 e. The third-order valence-corrected chi connectivity index (χ3v) is 13.4. The maximum Gasteiger partial charge on any atom is 0.156 e. The standard InChI is InChI=1S/C49H30O/c1-23-35-24(2)37-30-16-8-10-18-32(30)41-39-28-14-6-4-12-26(28)20-22-34(39)43-48(46(37)41)44(35)47-42(49(43)50)33-21-19-25-11-3-5-13-27(25)38(33)40-31-17-9-7-15-29(31)36(23)45(40)47/h3-22,40-43H,1-2H3. The van der Waals surface area contributed by atoms with Gasteiger partial charge in [0.15, 0.2) is 5.78 Å². The van der Waals surface area contributed by atoms with Crippen LogP contribution in [0.1, 0.15) is 90.4 Å². The Hall–Kier alpha value is -5.79. The molecule has 0 aromatic heterocycles. The fraction of sp³-hybridized carbons (Fsp3) is 0.122. The van der Waals surface area contributed by atoms with Crippen LogP contribution in [0.25, 0.3) is 54.6 Å². The van der Waals surface area contributed by atoms with Crippen LogP contribution >= 0.6 is 0 Å². The van der Waals surface area contributed by atoms with Crippen LogP contribution in [0.15, 0.2) is 121 Å². The van der Waals surface area contributed by atoms with Crippen molar-refractivity contribution in [3.05, 3.63) is 188 Å². The summed E-state index contributed by atoms with van der Waals surface area (Å²) >= 11 is 0. The molecule has 13 rings (SSSR count). The third kappa shape index (κ3) is 2.66. The molecule has 1 nitrogen and oxygen atoms in total. The molecule has 0 amide bonds. The van der Waals surface area contributed by atoms with Gasteiger partial charge in [-0.25, -0.2) is 0 Å². The Morgan fingerprint density at radius 1 is 0.380 bits per heavy atom. The van der Waals surface area contributed by atoms with Gasteiger partial charge in [-0.05, 0) is 135 Å². The van der Waals surface area contributed by atoms with Gasteiger partial charge in [-0.1, -0.05) is 121 Å². The average Bonchev–Trinajstić information content (AvgIpc) is 3.69. The molecule has 8 aromatic rings. The average molecular weight is 635 g/mol. The van der Waals surface area contributed by atoms with Crippen LogP contribution in [-0.4, -0.2) is 5.78 Å². The van der Waals surface area contributed by atoms with Crippen molar-refractivity contribution in [2.75, 3.05) is 0 Å². The summed E-state index contributed by atoms with van der Waals surface area (Å²) in [5.41, 5.74) is 21.3. The molecule has 0 heterocycles. The van der Waals surface area contributed by atoms with E-state index in [9.17, 15) is 0 Å². The molecule has 1 heteroatoms. The minimum Gasteiger partial charge on any atom is -0.298 e. The molecule has 0 N–H and O–H groups in total. The van der Waals surface area contributed by atoms with Crippen LogP contribution in [0, 0.1) is 13.8 Å². The van der Waals surface area contributed by atoms with Crippen molar-refractivity contribution in [1.82, 2.24) is 0 Å². The van der Waals surface area contributed by atoms with Gasteiger partial charge in [-0.15, -0.1) is 0 Å². The molecule has 0 spiro atoms. The zero-order valence-corrected chi connectivity index (χ0v) is 27.8. The summed E-state index contributed by atoms with van der Waals surface area (Å²) in [6.07, 6.45) is 0. The number of rotatable bonds is 0. The number of Topliss-reactive ketones (excluding diaryl/α,β-unsaturated/α-hetero) is 1. The van der Waals surface area contributed by atoms with Crippen molar-refractivity contribution in [2.24, 2.45) is 0 Å². The normalized spacial score (nSPS) is 20.6. The molecular weight excluding hydrogens is 605 g/mol. The van der Waals surface area contributed by atoms with E-state index in [0.717, 1.165) is 0 Å². The lowest BCUT2D eigenvalue weighted by atomic mass is 9.57. The molecule has 50 heavy (non-hydrogen) atoms. The van der Waals surface area contributed by atoms with Gasteiger partial charge in [0.1, 0.15) is 0 Å². The molecule has 4 atom stereocenters. The lowest BCUT2D eigenvalue weighted by Gasteiger charge is -2.44. The van der Waals surface area contributed by atoms with E-state index >= 15 is 4.79 Å². The predicted molar refractivity (Wildman–Crippen MR) is 203 cm³/mol. The number of hydrogen-bond acceptors (Lipinski definition) is 1. The Morgan fingerprint density at radius 3 is 1.32 bits per heavy atom. The second-order valence-electron chi connectivity index (χ2n) is 15.3. The van der Waals surface area contributed by atoms with Gasteiger partial charge in [-0.2, -0.15) is 0 Å². The monoisotopic (exact) mass is 634 g/mol. The topological polar surface area (TPSA) is 17.1 Å². The molecule has 0 aliphatic heterocycles. The molecule has 0 radical (unpaired) electrons. The van der Waals surface area contributed by atoms with Gasteiger partial charge in [0.25, 0.3) is 0 Å². The summed E-state index contributed by atoms with van der Waals surface area (Å²) in [5, 5.41) is 7.78. The first kappa shape index (κ1) is 26.1. The molecule has 4 unspecified atom stereocenters. The Kier molecular flexibility index (Phi) is 4.44. The first-order chi connectivity index (χ1) is 24.6. The first-order valence-electron chi connectivity index (χ1n) is 18.0. The fourth-order valence-corrected chi connectivity index (χ4v) is 11.9. The number of fused-ring (bicyclic) bond motifs is 16. The summed E-state index contributed by atoms with van der Waals surface area (Å²) in [4.78, 5) is 16.0. The van der Waals surface area contributed by atoms with Gasteiger partial charge in [0.05, 0.1) is 11.8 Å². The maximum absolute atomic E-state index is 16.0. The second kappa shape index (κ2) is 8.49. The molecule has 0 bridgehead atoms. The molecule has 0 saturated heterocycles. The minimum absolute atomic E-state index is 0.106. The highest BCUT2D eigenvalue weighted by atomic mass is 16.1. The van der Waals surface area contributed by atoms with Crippen molar-refractivity contribution in [3.63, 3.8) is 0 Å². The SMILES string of the molecule is Cc1c2c3c4c5c6c7c(c(C)c15)-c1ccccc1C7c1c(ccc5ccccc15)C6C(=O)C4c1ccc4ccccc4c1C3c1ccccc1-2. The van der Waals surface area contributed by atoms with E-state index in [4.69, 9.17) is 0 Å². The van der Waals surface area contributed by atoms with Crippen molar-refractivity contribution in [2.45, 2.75) is 37.5 Å². The highest BCUT2D eigenvalue weighted by molar-refractivity contribution is 6.18. The maximum atomic E-state index is 16.0. The zero-order valence-electron chi connectivity index (χ0n) is 27.8. The number of hydrogen-bond donors (Lipinski definition) is 0. The highest BCUT2D eigenvalue weighted by Crippen LogP contribution is 2.68. The number of carbonyl (C=O) groups excluding carboxylic acids is 1. The van der Waals surface area contributed by atoms with E-state index in [1.54, 1.807) is 0 Å². The lowest BCUT2D eigenvalue weighted by molar-refractivity contribution is -0.120. The zero-order chi connectivity index (χ0) is 32.7. The minimum atomic E-state index is -0.313. The van der Waals surface area contributed by atoms with Gasteiger partial charge < -0.3 is 0 Å². The number of benzene rings is 8. The highest BCUT2D eigenvalue weighted by Gasteiger charge is 2.54. The van der Waals surface area contributed by atoms with Crippen LogP contribution in [0.3, 0.4) is 0 Å². The molecule has 0 fully saturated rings. The van der Waals surface area contributed by atoms with E-state index in [-0.39, 0.29) is 23.7 Å². The first-order valence-corrected chi connectivity index (χ1v) is 18.0. The van der Waals surface area contributed by atoms with Crippen molar-refractivity contribution >= 4 is 38.1 Å².